The number of anilines is 2. The van der Waals surface area contributed by atoms with Gasteiger partial charge in [-0.05, 0) is 18.2 Å². The van der Waals surface area contributed by atoms with Crippen LogP contribution >= 0.6 is 12.4 Å². The van der Waals surface area contributed by atoms with Crippen LogP contribution in [0.25, 0.3) is 10.8 Å². The van der Waals surface area contributed by atoms with E-state index in [0.717, 1.165) is 16.5 Å². The number of carbonyl (C=O) groups is 1. The zero-order valence-corrected chi connectivity index (χ0v) is 8.60. The molecule has 0 unspecified atom stereocenters. The minimum atomic E-state index is -0.0452. The maximum absolute atomic E-state index is 11.5. The second kappa shape index (κ2) is 3.14. The van der Waals surface area contributed by atoms with Crippen molar-refractivity contribution in [3.8, 4) is 0 Å². The fourth-order valence-electron chi connectivity index (χ4n) is 1.91. The molecule has 1 heterocycles. The molecule has 0 aromatic heterocycles. The van der Waals surface area contributed by atoms with Crippen LogP contribution < -0.4 is 11.1 Å². The fraction of sp³-hybridized carbons (Fsp3) is 0. The number of rotatable bonds is 0. The molecule has 0 radical (unpaired) electrons. The van der Waals surface area contributed by atoms with Gasteiger partial charge in [0.05, 0.1) is 0 Å². The van der Waals surface area contributed by atoms with Crippen molar-refractivity contribution >= 4 is 40.5 Å². The highest BCUT2D eigenvalue weighted by Crippen LogP contribution is 2.35. The number of carbonyl (C=O) groups excluding carboxylic acids is 1. The first-order valence-electron chi connectivity index (χ1n) is 4.40. The molecule has 3 rings (SSSR count). The van der Waals surface area contributed by atoms with Crippen LogP contribution in [-0.4, -0.2) is 5.91 Å². The molecule has 0 saturated carbocycles. The van der Waals surface area contributed by atoms with Crippen LogP contribution in [0.1, 0.15) is 10.4 Å². The van der Waals surface area contributed by atoms with Crippen molar-refractivity contribution in [2.45, 2.75) is 0 Å². The van der Waals surface area contributed by atoms with E-state index in [1.54, 1.807) is 0 Å². The molecule has 4 heteroatoms. The number of nitrogens with one attached hydrogen (secondary N) is 1. The van der Waals surface area contributed by atoms with Gasteiger partial charge in [0.25, 0.3) is 5.91 Å². The molecule has 0 spiro atoms. The van der Waals surface area contributed by atoms with E-state index in [-0.39, 0.29) is 18.3 Å². The monoisotopic (exact) mass is 220 g/mol. The Morgan fingerprint density at radius 1 is 1.13 bits per heavy atom. The van der Waals surface area contributed by atoms with Crippen molar-refractivity contribution in [1.82, 2.24) is 0 Å². The first-order chi connectivity index (χ1) is 6.77. The van der Waals surface area contributed by atoms with E-state index in [9.17, 15) is 4.79 Å². The van der Waals surface area contributed by atoms with Crippen molar-refractivity contribution in [1.29, 1.82) is 0 Å². The molecular formula is C11H9ClN2O. The highest BCUT2D eigenvalue weighted by atomic mass is 35.5. The molecule has 2 aromatic rings. The quantitative estimate of drug-likeness (QED) is 0.670. The van der Waals surface area contributed by atoms with Gasteiger partial charge in [0, 0.05) is 27.7 Å². The SMILES string of the molecule is Cl.Nc1ccc2c3c(cccc13)C(=O)N2. The Labute approximate surface area is 92.7 Å². The molecule has 3 nitrogen and oxygen atoms in total. The van der Waals surface area contributed by atoms with Crippen molar-refractivity contribution in [3.05, 3.63) is 35.9 Å². The second-order valence-corrected chi connectivity index (χ2v) is 3.38. The molecule has 0 bridgehead atoms. The summed E-state index contributed by atoms with van der Waals surface area (Å²) >= 11 is 0. The lowest BCUT2D eigenvalue weighted by atomic mass is 10.0. The summed E-state index contributed by atoms with van der Waals surface area (Å²) in [6, 6.07) is 9.24. The van der Waals surface area contributed by atoms with E-state index in [2.05, 4.69) is 5.32 Å². The van der Waals surface area contributed by atoms with Crippen LogP contribution in [0.2, 0.25) is 0 Å². The Kier molecular flexibility index (Phi) is 2.05. The average Bonchev–Trinajstić information content (AvgIpc) is 2.52. The number of nitrogens with two attached hydrogens (primary N) is 1. The minimum absolute atomic E-state index is 0. The van der Waals surface area contributed by atoms with Gasteiger partial charge >= 0.3 is 0 Å². The fourth-order valence-corrected chi connectivity index (χ4v) is 1.91. The van der Waals surface area contributed by atoms with E-state index >= 15 is 0 Å². The Morgan fingerprint density at radius 3 is 2.73 bits per heavy atom. The summed E-state index contributed by atoms with van der Waals surface area (Å²) in [7, 11) is 0. The van der Waals surface area contributed by atoms with Crippen LogP contribution in [0.4, 0.5) is 11.4 Å². The third-order valence-electron chi connectivity index (χ3n) is 2.57. The Balaban J connectivity index is 0.000000853. The van der Waals surface area contributed by atoms with Crippen LogP contribution in [0.15, 0.2) is 30.3 Å². The van der Waals surface area contributed by atoms with Gasteiger partial charge in [0.2, 0.25) is 0 Å². The van der Waals surface area contributed by atoms with Gasteiger partial charge in [-0.25, -0.2) is 0 Å². The Bertz CT molecular complexity index is 566. The van der Waals surface area contributed by atoms with Crippen molar-refractivity contribution in [2.24, 2.45) is 0 Å². The Hall–Kier alpha value is -1.74. The second-order valence-electron chi connectivity index (χ2n) is 3.38. The van der Waals surface area contributed by atoms with Gasteiger partial charge in [0.1, 0.15) is 0 Å². The van der Waals surface area contributed by atoms with Crippen molar-refractivity contribution in [3.63, 3.8) is 0 Å². The lowest BCUT2D eigenvalue weighted by Crippen LogP contribution is -2.03. The smallest absolute Gasteiger partial charge is 0.256 e. The minimum Gasteiger partial charge on any atom is -0.398 e. The number of hydrogen-bond donors (Lipinski definition) is 2. The average molecular weight is 221 g/mol. The molecule has 0 saturated heterocycles. The van der Waals surface area contributed by atoms with Gasteiger partial charge in [-0.1, -0.05) is 12.1 Å². The van der Waals surface area contributed by atoms with E-state index in [1.165, 1.54) is 0 Å². The molecule has 0 fully saturated rings. The lowest BCUT2D eigenvalue weighted by molar-refractivity contribution is 0.103. The maximum Gasteiger partial charge on any atom is 0.256 e. The summed E-state index contributed by atoms with van der Waals surface area (Å²) in [5.41, 5.74) is 8.11. The largest absolute Gasteiger partial charge is 0.398 e. The molecule has 0 atom stereocenters. The highest BCUT2D eigenvalue weighted by molar-refractivity contribution is 6.25. The molecule has 1 aliphatic heterocycles. The van der Waals surface area contributed by atoms with Gasteiger partial charge in [0.15, 0.2) is 0 Å². The third-order valence-corrected chi connectivity index (χ3v) is 2.57. The predicted octanol–water partition coefficient (Wildman–Crippen LogP) is 2.41. The first-order valence-corrected chi connectivity index (χ1v) is 4.40. The summed E-state index contributed by atoms with van der Waals surface area (Å²) in [5, 5.41) is 4.69. The van der Waals surface area contributed by atoms with Crippen molar-refractivity contribution < 1.29 is 4.79 Å². The number of amides is 1. The first kappa shape index (κ1) is 9.80. The lowest BCUT2D eigenvalue weighted by Gasteiger charge is -2.02. The third kappa shape index (κ3) is 1.17. The van der Waals surface area contributed by atoms with Crippen LogP contribution in [-0.2, 0) is 0 Å². The standard InChI is InChI=1S/C11H8N2O.ClH/c12-8-4-5-9-10-6(8)2-1-3-7(10)11(14)13-9;/h1-5H,12H2,(H,13,14);1H. The highest BCUT2D eigenvalue weighted by Gasteiger charge is 2.21. The number of hydrogen-bond acceptors (Lipinski definition) is 2. The van der Waals surface area contributed by atoms with E-state index in [0.29, 0.717) is 11.3 Å². The van der Waals surface area contributed by atoms with E-state index < -0.39 is 0 Å². The number of benzene rings is 2. The van der Waals surface area contributed by atoms with Crippen LogP contribution in [0.3, 0.4) is 0 Å². The van der Waals surface area contributed by atoms with Crippen molar-refractivity contribution in [2.75, 3.05) is 11.1 Å². The molecule has 1 amide bonds. The zero-order chi connectivity index (χ0) is 9.71. The van der Waals surface area contributed by atoms with Crippen LogP contribution in [0, 0.1) is 0 Å². The summed E-state index contributed by atoms with van der Waals surface area (Å²) in [6.07, 6.45) is 0. The summed E-state index contributed by atoms with van der Waals surface area (Å²) in [5.74, 6) is -0.0452. The van der Waals surface area contributed by atoms with Gasteiger partial charge < -0.3 is 11.1 Å². The summed E-state index contributed by atoms with van der Waals surface area (Å²) in [4.78, 5) is 11.5. The van der Waals surface area contributed by atoms with Gasteiger partial charge in [-0.3, -0.25) is 4.79 Å². The van der Waals surface area contributed by atoms with Gasteiger partial charge in [-0.15, -0.1) is 12.4 Å². The molecule has 2 aromatic carbocycles. The van der Waals surface area contributed by atoms with E-state index in [4.69, 9.17) is 5.73 Å². The molecule has 76 valence electrons. The maximum atomic E-state index is 11.5. The summed E-state index contributed by atoms with van der Waals surface area (Å²) in [6.45, 7) is 0. The number of halogens is 1. The van der Waals surface area contributed by atoms with Gasteiger partial charge in [-0.2, -0.15) is 0 Å². The van der Waals surface area contributed by atoms with Crippen LogP contribution in [0.5, 0.6) is 0 Å². The predicted molar refractivity (Wildman–Crippen MR) is 63.6 cm³/mol. The normalized spacial score (nSPS) is 12.4. The Morgan fingerprint density at radius 2 is 1.93 bits per heavy atom. The molecule has 15 heavy (non-hydrogen) atoms. The zero-order valence-electron chi connectivity index (χ0n) is 7.78. The molecular weight excluding hydrogens is 212 g/mol. The van der Waals surface area contributed by atoms with E-state index in [1.807, 2.05) is 30.3 Å². The topological polar surface area (TPSA) is 55.1 Å². The molecule has 3 N–H and O–H groups in total. The number of nitrogen functional groups attached to an aromatic ring is 1. The molecule has 1 aliphatic rings. The molecule has 0 aliphatic carbocycles. The summed E-state index contributed by atoms with van der Waals surface area (Å²) < 4.78 is 0.